The van der Waals surface area contributed by atoms with E-state index < -0.39 is 0 Å². The van der Waals surface area contributed by atoms with Crippen LogP contribution in [0, 0.1) is 0 Å². The molecular weight excluding hydrogens is 593 g/mol. The van der Waals surface area contributed by atoms with E-state index in [9.17, 15) is 0 Å². The molecule has 0 aliphatic rings. The molecule has 1 aromatic heterocycles. The number of furan rings is 1. The van der Waals surface area contributed by atoms with Crippen LogP contribution in [-0.2, 0) is 0 Å². The Kier molecular flexibility index (Phi) is 7.22. The van der Waals surface area contributed by atoms with E-state index in [0.717, 1.165) is 33.1 Å². The third-order valence-electron chi connectivity index (χ3n) is 9.50. The molecule has 9 aromatic rings. The highest BCUT2D eigenvalue weighted by atomic mass is 16.3. The van der Waals surface area contributed by atoms with Gasteiger partial charge >= 0.3 is 0 Å². The Labute approximate surface area is 286 Å². The van der Waals surface area contributed by atoms with Crippen molar-refractivity contribution in [2.75, 3.05) is 0 Å². The maximum absolute atomic E-state index is 6.45. The zero-order valence-corrected chi connectivity index (χ0v) is 26.9. The molecule has 0 spiro atoms. The van der Waals surface area contributed by atoms with Gasteiger partial charge in [-0.1, -0.05) is 158 Å². The average Bonchev–Trinajstić information content (AvgIpc) is 3.57. The van der Waals surface area contributed by atoms with Gasteiger partial charge < -0.3 is 4.42 Å². The molecule has 49 heavy (non-hydrogen) atoms. The van der Waals surface area contributed by atoms with E-state index in [1.54, 1.807) is 0 Å². The summed E-state index contributed by atoms with van der Waals surface area (Å²) in [7, 11) is 0. The lowest BCUT2D eigenvalue weighted by Crippen LogP contribution is -1.88. The monoisotopic (exact) mass is 624 g/mol. The van der Waals surface area contributed by atoms with Gasteiger partial charge in [0.2, 0.25) is 0 Å². The van der Waals surface area contributed by atoms with Gasteiger partial charge in [-0.15, -0.1) is 0 Å². The third kappa shape index (κ3) is 5.52. The van der Waals surface area contributed by atoms with E-state index in [2.05, 4.69) is 194 Å². The van der Waals surface area contributed by atoms with Gasteiger partial charge in [-0.05, 0) is 103 Å². The highest BCUT2D eigenvalue weighted by molar-refractivity contribution is 6.13. The Hall–Kier alpha value is -6.44. The molecule has 0 fully saturated rings. The molecule has 1 heterocycles. The molecule has 0 aliphatic carbocycles. The molecule has 1 heteroatoms. The fraction of sp³-hybridized carbons (Fsp3) is 0. The van der Waals surface area contributed by atoms with Gasteiger partial charge in [0.25, 0.3) is 0 Å². The summed E-state index contributed by atoms with van der Waals surface area (Å²) >= 11 is 0. The SMILES string of the molecule is c1ccc(-c2ccc(-c3cc(-c4ccc(-c5ccccc5)cc4)cc(-c4cccc5oc6ccc(-c7ccccc7)cc6c45)c3)cc2)cc1. The number of hydrogen-bond acceptors (Lipinski definition) is 1. The van der Waals surface area contributed by atoms with Crippen LogP contribution in [0.5, 0.6) is 0 Å². The van der Waals surface area contributed by atoms with Crippen LogP contribution < -0.4 is 0 Å². The summed E-state index contributed by atoms with van der Waals surface area (Å²) in [5.74, 6) is 0. The fourth-order valence-electron chi connectivity index (χ4n) is 6.97. The topological polar surface area (TPSA) is 13.1 Å². The van der Waals surface area contributed by atoms with Crippen LogP contribution >= 0.6 is 0 Å². The Morgan fingerprint density at radius 1 is 0.245 bits per heavy atom. The van der Waals surface area contributed by atoms with Crippen molar-refractivity contribution in [2.24, 2.45) is 0 Å². The second kappa shape index (κ2) is 12.3. The first kappa shape index (κ1) is 28.8. The molecule has 0 saturated heterocycles. The van der Waals surface area contributed by atoms with Crippen molar-refractivity contribution in [3.05, 3.63) is 194 Å². The Bertz CT molecular complexity index is 2440. The summed E-state index contributed by atoms with van der Waals surface area (Å²) in [6, 6.07) is 69.4. The van der Waals surface area contributed by atoms with E-state index in [1.165, 1.54) is 55.6 Å². The lowest BCUT2D eigenvalue weighted by molar-refractivity contribution is 0.669. The number of fused-ring (bicyclic) bond motifs is 3. The van der Waals surface area contributed by atoms with Crippen molar-refractivity contribution in [3.8, 4) is 66.8 Å². The van der Waals surface area contributed by atoms with Crippen LogP contribution in [-0.4, -0.2) is 0 Å². The maximum Gasteiger partial charge on any atom is 0.136 e. The summed E-state index contributed by atoms with van der Waals surface area (Å²) < 4.78 is 6.45. The summed E-state index contributed by atoms with van der Waals surface area (Å²) in [5, 5.41) is 2.26. The fourth-order valence-corrected chi connectivity index (χ4v) is 6.97. The van der Waals surface area contributed by atoms with Crippen LogP contribution in [0.2, 0.25) is 0 Å². The highest BCUT2D eigenvalue weighted by Crippen LogP contribution is 2.41. The van der Waals surface area contributed by atoms with Crippen LogP contribution in [0.25, 0.3) is 88.7 Å². The number of hydrogen-bond donors (Lipinski definition) is 0. The molecule has 0 unspecified atom stereocenters. The molecule has 0 aliphatic heterocycles. The van der Waals surface area contributed by atoms with Gasteiger partial charge in [-0.3, -0.25) is 0 Å². The summed E-state index contributed by atoms with van der Waals surface area (Å²) in [4.78, 5) is 0. The smallest absolute Gasteiger partial charge is 0.136 e. The van der Waals surface area contributed by atoms with Gasteiger partial charge in [-0.2, -0.15) is 0 Å². The van der Waals surface area contributed by atoms with E-state index in [0.29, 0.717) is 0 Å². The Morgan fingerprint density at radius 3 is 1.16 bits per heavy atom. The molecule has 230 valence electrons. The minimum absolute atomic E-state index is 0.893. The van der Waals surface area contributed by atoms with Gasteiger partial charge in [0.1, 0.15) is 11.2 Å². The van der Waals surface area contributed by atoms with E-state index in [1.807, 2.05) is 0 Å². The molecule has 0 radical (unpaired) electrons. The second-order valence-electron chi connectivity index (χ2n) is 12.5. The summed E-state index contributed by atoms with van der Waals surface area (Å²) in [6.07, 6.45) is 0. The molecule has 0 atom stereocenters. The number of benzene rings is 8. The van der Waals surface area contributed by atoms with Crippen molar-refractivity contribution in [3.63, 3.8) is 0 Å². The van der Waals surface area contributed by atoms with Crippen molar-refractivity contribution in [1.82, 2.24) is 0 Å². The molecule has 0 amide bonds. The van der Waals surface area contributed by atoms with Gasteiger partial charge in [-0.25, -0.2) is 0 Å². The van der Waals surface area contributed by atoms with E-state index in [-0.39, 0.29) is 0 Å². The largest absolute Gasteiger partial charge is 0.456 e. The highest BCUT2D eigenvalue weighted by Gasteiger charge is 2.16. The van der Waals surface area contributed by atoms with Crippen molar-refractivity contribution < 1.29 is 4.42 Å². The minimum atomic E-state index is 0.893. The van der Waals surface area contributed by atoms with Crippen LogP contribution in [0.15, 0.2) is 199 Å². The first-order valence-electron chi connectivity index (χ1n) is 16.7. The molecule has 0 N–H and O–H groups in total. The Morgan fingerprint density at radius 2 is 0.653 bits per heavy atom. The van der Waals surface area contributed by atoms with Crippen LogP contribution in [0.3, 0.4) is 0 Å². The van der Waals surface area contributed by atoms with Crippen molar-refractivity contribution >= 4 is 21.9 Å². The molecule has 0 bridgehead atoms. The first-order chi connectivity index (χ1) is 24.3. The lowest BCUT2D eigenvalue weighted by Gasteiger charge is -2.13. The molecular formula is C48H32O. The summed E-state index contributed by atoms with van der Waals surface area (Å²) in [5.41, 5.74) is 16.0. The molecule has 8 aromatic carbocycles. The predicted molar refractivity (Wildman–Crippen MR) is 206 cm³/mol. The van der Waals surface area contributed by atoms with Crippen molar-refractivity contribution in [1.29, 1.82) is 0 Å². The standard InChI is InChI=1S/C48H32O/c1-4-11-33(12-5-1)36-19-23-38(24-20-36)41-29-42(39-25-21-37(22-26-39)34-13-6-2-7-14-34)31-43(30-41)44-17-10-18-47-48(44)45-32-40(27-28-46(45)49-47)35-15-8-3-9-16-35/h1-32H. The van der Waals surface area contributed by atoms with Gasteiger partial charge in [0.05, 0.1) is 0 Å². The molecule has 9 rings (SSSR count). The number of rotatable bonds is 6. The zero-order valence-electron chi connectivity index (χ0n) is 26.9. The molecule has 0 saturated carbocycles. The normalized spacial score (nSPS) is 11.3. The van der Waals surface area contributed by atoms with E-state index >= 15 is 0 Å². The lowest BCUT2D eigenvalue weighted by atomic mass is 9.90. The average molecular weight is 625 g/mol. The summed E-state index contributed by atoms with van der Waals surface area (Å²) in [6.45, 7) is 0. The van der Waals surface area contributed by atoms with Crippen LogP contribution in [0.4, 0.5) is 0 Å². The second-order valence-corrected chi connectivity index (χ2v) is 12.5. The van der Waals surface area contributed by atoms with Gasteiger partial charge in [0, 0.05) is 10.8 Å². The van der Waals surface area contributed by atoms with E-state index in [4.69, 9.17) is 4.42 Å². The Balaban J connectivity index is 1.21. The first-order valence-corrected chi connectivity index (χ1v) is 16.7. The quantitative estimate of drug-likeness (QED) is 0.179. The zero-order chi connectivity index (χ0) is 32.6. The van der Waals surface area contributed by atoms with Gasteiger partial charge in [0.15, 0.2) is 0 Å². The maximum atomic E-state index is 6.45. The minimum Gasteiger partial charge on any atom is -0.456 e. The molecule has 1 nitrogen and oxygen atoms in total. The van der Waals surface area contributed by atoms with Crippen molar-refractivity contribution in [2.45, 2.75) is 0 Å². The predicted octanol–water partition coefficient (Wildman–Crippen LogP) is 13.6. The third-order valence-corrected chi connectivity index (χ3v) is 9.50. The van der Waals surface area contributed by atoms with Crippen LogP contribution in [0.1, 0.15) is 0 Å².